The van der Waals surface area contributed by atoms with E-state index in [-0.39, 0.29) is 5.78 Å². The van der Waals surface area contributed by atoms with Crippen LogP contribution in [0.2, 0.25) is 0 Å². The average molecular weight is 233 g/mol. The van der Waals surface area contributed by atoms with Crippen molar-refractivity contribution >= 4 is 5.78 Å². The van der Waals surface area contributed by atoms with Gasteiger partial charge in [-0.05, 0) is 33.3 Å². The number of nitriles is 1. The van der Waals surface area contributed by atoms with Gasteiger partial charge in [-0.25, -0.2) is 0 Å². The standard InChI is InChI=1S/C13H19N3O/c1-5-10(2)16-7-6-12(15-16)8-13(4,9-14)11(3)17/h6-7,10H,5,8H2,1-4H3. The van der Waals surface area contributed by atoms with E-state index in [4.69, 9.17) is 5.26 Å². The van der Waals surface area contributed by atoms with E-state index < -0.39 is 5.41 Å². The molecule has 2 atom stereocenters. The van der Waals surface area contributed by atoms with E-state index in [0.717, 1.165) is 12.1 Å². The summed E-state index contributed by atoms with van der Waals surface area (Å²) in [4.78, 5) is 11.4. The molecule has 0 N–H and O–H groups in total. The Morgan fingerprint density at radius 1 is 1.71 bits per heavy atom. The minimum Gasteiger partial charge on any atom is -0.298 e. The fourth-order valence-corrected chi connectivity index (χ4v) is 1.51. The Kier molecular flexibility index (Phi) is 4.06. The molecule has 0 aliphatic heterocycles. The van der Waals surface area contributed by atoms with Gasteiger partial charge in [0.05, 0.1) is 11.8 Å². The molecule has 0 bridgehead atoms. The van der Waals surface area contributed by atoms with Gasteiger partial charge in [-0.3, -0.25) is 9.48 Å². The second-order valence-electron chi connectivity index (χ2n) is 4.72. The molecule has 2 unspecified atom stereocenters. The Morgan fingerprint density at radius 2 is 2.35 bits per heavy atom. The largest absolute Gasteiger partial charge is 0.298 e. The monoisotopic (exact) mass is 233 g/mol. The van der Waals surface area contributed by atoms with Crippen molar-refractivity contribution in [2.45, 2.75) is 46.6 Å². The third-order valence-electron chi connectivity index (χ3n) is 3.26. The molecule has 1 rings (SSSR count). The summed E-state index contributed by atoms with van der Waals surface area (Å²) in [6, 6.07) is 4.30. The summed E-state index contributed by atoms with van der Waals surface area (Å²) >= 11 is 0. The molecular formula is C13H19N3O. The number of hydrogen-bond acceptors (Lipinski definition) is 3. The van der Waals surface area contributed by atoms with E-state index in [9.17, 15) is 4.79 Å². The Morgan fingerprint density at radius 3 is 2.82 bits per heavy atom. The van der Waals surface area contributed by atoms with Crippen molar-refractivity contribution in [3.8, 4) is 6.07 Å². The topological polar surface area (TPSA) is 58.7 Å². The summed E-state index contributed by atoms with van der Waals surface area (Å²) in [6.07, 6.45) is 3.28. The normalized spacial score (nSPS) is 15.9. The highest BCUT2D eigenvalue weighted by molar-refractivity contribution is 5.84. The highest BCUT2D eigenvalue weighted by atomic mass is 16.1. The van der Waals surface area contributed by atoms with Crippen LogP contribution in [0.1, 0.15) is 45.9 Å². The van der Waals surface area contributed by atoms with Crippen LogP contribution < -0.4 is 0 Å². The van der Waals surface area contributed by atoms with Crippen molar-refractivity contribution in [2.75, 3.05) is 0 Å². The van der Waals surface area contributed by atoms with Gasteiger partial charge in [-0.2, -0.15) is 10.4 Å². The Balaban J connectivity index is 2.86. The Labute approximate surface area is 102 Å². The van der Waals surface area contributed by atoms with Crippen LogP contribution in [0.4, 0.5) is 0 Å². The SMILES string of the molecule is CCC(C)n1ccc(CC(C)(C#N)C(C)=O)n1. The molecular weight excluding hydrogens is 214 g/mol. The van der Waals surface area contributed by atoms with Gasteiger partial charge in [0.25, 0.3) is 0 Å². The van der Waals surface area contributed by atoms with Gasteiger partial charge < -0.3 is 0 Å². The molecule has 1 aromatic heterocycles. The quantitative estimate of drug-likeness (QED) is 0.785. The van der Waals surface area contributed by atoms with Crippen LogP contribution in [0.3, 0.4) is 0 Å². The van der Waals surface area contributed by atoms with Gasteiger partial charge in [0.15, 0.2) is 0 Å². The first kappa shape index (κ1) is 13.4. The molecule has 92 valence electrons. The molecule has 0 saturated carbocycles. The third kappa shape index (κ3) is 2.94. The molecule has 0 aliphatic carbocycles. The molecule has 1 heterocycles. The smallest absolute Gasteiger partial charge is 0.150 e. The van der Waals surface area contributed by atoms with E-state index in [2.05, 4.69) is 25.0 Å². The Hall–Kier alpha value is -1.63. The van der Waals surface area contributed by atoms with Crippen LogP contribution >= 0.6 is 0 Å². The number of Topliss-reactive ketones (excluding diaryl/α,β-unsaturated/α-hetero) is 1. The molecule has 4 nitrogen and oxygen atoms in total. The molecule has 0 aromatic carbocycles. The molecule has 0 aliphatic rings. The Bertz CT molecular complexity index is 444. The number of carbonyl (C=O) groups is 1. The van der Waals surface area contributed by atoms with Gasteiger partial charge >= 0.3 is 0 Å². The minimum atomic E-state index is -0.964. The average Bonchev–Trinajstić information content (AvgIpc) is 2.75. The fourth-order valence-electron chi connectivity index (χ4n) is 1.51. The lowest BCUT2D eigenvalue weighted by Crippen LogP contribution is -2.26. The van der Waals surface area contributed by atoms with Crippen LogP contribution in [0, 0.1) is 16.7 Å². The van der Waals surface area contributed by atoms with E-state index >= 15 is 0 Å². The fraction of sp³-hybridized carbons (Fsp3) is 0.615. The number of hydrogen-bond donors (Lipinski definition) is 0. The van der Waals surface area contributed by atoms with Crippen molar-refractivity contribution in [3.63, 3.8) is 0 Å². The summed E-state index contributed by atoms with van der Waals surface area (Å²) in [5.74, 6) is -0.113. The van der Waals surface area contributed by atoms with Crippen molar-refractivity contribution in [1.82, 2.24) is 9.78 Å². The zero-order valence-corrected chi connectivity index (χ0v) is 10.9. The summed E-state index contributed by atoms with van der Waals surface area (Å²) in [6.45, 7) is 7.30. The van der Waals surface area contributed by atoms with E-state index in [1.165, 1.54) is 6.92 Å². The van der Waals surface area contributed by atoms with Crippen LogP contribution in [-0.2, 0) is 11.2 Å². The van der Waals surface area contributed by atoms with Gasteiger partial charge in [-0.1, -0.05) is 6.92 Å². The highest BCUT2D eigenvalue weighted by Gasteiger charge is 2.31. The predicted octanol–water partition coefficient (Wildman–Crippen LogP) is 2.52. The molecule has 17 heavy (non-hydrogen) atoms. The van der Waals surface area contributed by atoms with Crippen molar-refractivity contribution in [2.24, 2.45) is 5.41 Å². The van der Waals surface area contributed by atoms with E-state index in [1.807, 2.05) is 16.9 Å². The lowest BCUT2D eigenvalue weighted by molar-refractivity contribution is -0.123. The van der Waals surface area contributed by atoms with Gasteiger partial charge in [0.1, 0.15) is 11.2 Å². The summed E-state index contributed by atoms with van der Waals surface area (Å²) in [5, 5.41) is 13.5. The first-order chi connectivity index (χ1) is 7.92. The van der Waals surface area contributed by atoms with Crippen molar-refractivity contribution in [3.05, 3.63) is 18.0 Å². The van der Waals surface area contributed by atoms with Crippen molar-refractivity contribution < 1.29 is 4.79 Å². The van der Waals surface area contributed by atoms with Gasteiger partial charge in [0, 0.05) is 18.7 Å². The molecule has 0 saturated heterocycles. The third-order valence-corrected chi connectivity index (χ3v) is 3.26. The number of rotatable bonds is 5. The zero-order valence-electron chi connectivity index (χ0n) is 10.9. The van der Waals surface area contributed by atoms with Crippen LogP contribution in [0.5, 0.6) is 0 Å². The second-order valence-corrected chi connectivity index (χ2v) is 4.72. The maximum atomic E-state index is 11.4. The van der Waals surface area contributed by atoms with E-state index in [1.54, 1.807) is 6.92 Å². The maximum absolute atomic E-state index is 11.4. The molecule has 0 spiro atoms. The lowest BCUT2D eigenvalue weighted by atomic mass is 9.83. The van der Waals surface area contributed by atoms with Crippen LogP contribution in [0.15, 0.2) is 12.3 Å². The lowest BCUT2D eigenvalue weighted by Gasteiger charge is -2.16. The van der Waals surface area contributed by atoms with Gasteiger partial charge in [0.2, 0.25) is 0 Å². The summed E-state index contributed by atoms with van der Waals surface area (Å²) < 4.78 is 1.88. The number of carbonyl (C=O) groups excluding carboxylic acids is 1. The molecule has 0 radical (unpaired) electrons. The second kappa shape index (κ2) is 5.13. The summed E-state index contributed by atoms with van der Waals surface area (Å²) in [7, 11) is 0. The first-order valence-electron chi connectivity index (χ1n) is 5.89. The predicted molar refractivity (Wildman–Crippen MR) is 65.3 cm³/mol. The highest BCUT2D eigenvalue weighted by Crippen LogP contribution is 2.22. The molecule has 1 aromatic rings. The molecule has 0 fully saturated rings. The molecule has 0 amide bonds. The zero-order chi connectivity index (χ0) is 13.1. The minimum absolute atomic E-state index is 0.113. The number of nitrogens with zero attached hydrogens (tertiary/aromatic N) is 3. The number of ketones is 1. The van der Waals surface area contributed by atoms with Crippen LogP contribution in [-0.4, -0.2) is 15.6 Å². The maximum Gasteiger partial charge on any atom is 0.150 e. The van der Waals surface area contributed by atoms with Crippen molar-refractivity contribution in [1.29, 1.82) is 5.26 Å². The number of aromatic nitrogens is 2. The molecule has 4 heteroatoms. The first-order valence-corrected chi connectivity index (χ1v) is 5.89. The van der Waals surface area contributed by atoms with Crippen LogP contribution in [0.25, 0.3) is 0 Å². The summed E-state index contributed by atoms with van der Waals surface area (Å²) in [5.41, 5.74) is -0.168. The van der Waals surface area contributed by atoms with E-state index in [0.29, 0.717) is 12.5 Å². The van der Waals surface area contributed by atoms with Gasteiger partial charge in [-0.15, -0.1) is 0 Å².